The number of hydrogen-bond donors (Lipinski definition) is 1. The Hall–Kier alpha value is -2.85. The molecule has 2 amide bonds. The highest BCUT2D eigenvalue weighted by molar-refractivity contribution is 5.86. The lowest BCUT2D eigenvalue weighted by atomic mass is 10.1. The van der Waals surface area contributed by atoms with Crippen LogP contribution >= 0.6 is 0 Å². The number of amides is 2. The Kier molecular flexibility index (Phi) is 5.91. The first-order chi connectivity index (χ1) is 12.5. The highest BCUT2D eigenvalue weighted by atomic mass is 19.4. The Morgan fingerprint density at radius 1 is 1.22 bits per heavy atom. The Labute approximate surface area is 153 Å². The van der Waals surface area contributed by atoms with Crippen LogP contribution in [0.4, 0.5) is 24.5 Å². The predicted octanol–water partition coefficient (Wildman–Crippen LogP) is 1.79. The van der Waals surface area contributed by atoms with Crippen molar-refractivity contribution in [2.45, 2.75) is 26.1 Å². The number of benzene rings is 1. The number of piperazine rings is 1. The quantitative estimate of drug-likeness (QED) is 0.627. The fourth-order valence-electron chi connectivity index (χ4n) is 2.92. The van der Waals surface area contributed by atoms with Crippen molar-refractivity contribution in [3.8, 4) is 0 Å². The van der Waals surface area contributed by atoms with E-state index < -0.39 is 28.4 Å². The summed E-state index contributed by atoms with van der Waals surface area (Å²) >= 11 is 0. The minimum absolute atomic E-state index is 0.0787. The molecular formula is C16H19F3N4O4. The number of carbonyl (C=O) groups excluding carboxylic acids is 2. The van der Waals surface area contributed by atoms with E-state index in [-0.39, 0.29) is 43.7 Å². The van der Waals surface area contributed by atoms with E-state index in [0.29, 0.717) is 6.07 Å². The molecule has 27 heavy (non-hydrogen) atoms. The van der Waals surface area contributed by atoms with Crippen LogP contribution in [0.3, 0.4) is 0 Å². The van der Waals surface area contributed by atoms with Crippen molar-refractivity contribution in [2.24, 2.45) is 0 Å². The molecule has 1 aliphatic heterocycles. The van der Waals surface area contributed by atoms with Crippen LogP contribution in [0.5, 0.6) is 0 Å². The van der Waals surface area contributed by atoms with Gasteiger partial charge in [0.1, 0.15) is 11.7 Å². The number of nitrogens with one attached hydrogen (secondary N) is 1. The number of nitrogens with zero attached hydrogens (tertiary/aromatic N) is 3. The maximum atomic E-state index is 12.8. The predicted molar refractivity (Wildman–Crippen MR) is 90.2 cm³/mol. The van der Waals surface area contributed by atoms with E-state index in [1.165, 1.54) is 11.8 Å². The Bertz CT molecular complexity index is 746. The number of rotatable bonds is 4. The lowest BCUT2D eigenvalue weighted by Crippen LogP contribution is -2.54. The van der Waals surface area contributed by atoms with E-state index in [4.69, 9.17) is 0 Å². The molecule has 1 fully saturated rings. The van der Waals surface area contributed by atoms with Gasteiger partial charge in [-0.3, -0.25) is 19.7 Å². The average Bonchev–Trinajstić information content (AvgIpc) is 2.59. The van der Waals surface area contributed by atoms with Gasteiger partial charge in [-0.05, 0) is 19.1 Å². The summed E-state index contributed by atoms with van der Waals surface area (Å²) in [6.07, 6.45) is -4.67. The minimum Gasteiger partial charge on any atom is -0.362 e. The number of nitro groups is 1. The SMILES string of the molecule is CC(=O)NC(C)C(=O)N1CCN(c2ccc(C(F)(F)F)cc2[N+](=O)[O-])CC1. The third kappa shape index (κ3) is 4.86. The summed E-state index contributed by atoms with van der Waals surface area (Å²) in [4.78, 5) is 36.8. The highest BCUT2D eigenvalue weighted by Gasteiger charge is 2.34. The monoisotopic (exact) mass is 388 g/mol. The number of hydrogen-bond acceptors (Lipinski definition) is 5. The molecule has 148 valence electrons. The van der Waals surface area contributed by atoms with Crippen molar-refractivity contribution in [3.05, 3.63) is 33.9 Å². The lowest BCUT2D eigenvalue weighted by Gasteiger charge is -2.37. The van der Waals surface area contributed by atoms with Gasteiger partial charge in [0.2, 0.25) is 11.8 Å². The van der Waals surface area contributed by atoms with Crippen molar-refractivity contribution in [1.29, 1.82) is 0 Å². The van der Waals surface area contributed by atoms with E-state index in [1.54, 1.807) is 11.8 Å². The van der Waals surface area contributed by atoms with Crippen LogP contribution in [0, 0.1) is 10.1 Å². The van der Waals surface area contributed by atoms with Gasteiger partial charge < -0.3 is 15.1 Å². The first-order valence-corrected chi connectivity index (χ1v) is 8.17. The van der Waals surface area contributed by atoms with Crippen LogP contribution in [-0.4, -0.2) is 53.9 Å². The molecule has 1 aromatic rings. The van der Waals surface area contributed by atoms with Gasteiger partial charge in [-0.15, -0.1) is 0 Å². The number of nitro benzene ring substituents is 1. The summed E-state index contributed by atoms with van der Waals surface area (Å²) in [6.45, 7) is 3.78. The smallest absolute Gasteiger partial charge is 0.362 e. The second kappa shape index (κ2) is 7.80. The normalized spacial score (nSPS) is 16.0. The summed E-state index contributed by atoms with van der Waals surface area (Å²) in [5, 5.41) is 13.7. The molecule has 0 radical (unpaired) electrons. The number of anilines is 1. The lowest BCUT2D eigenvalue weighted by molar-refractivity contribution is -0.384. The van der Waals surface area contributed by atoms with Gasteiger partial charge in [0, 0.05) is 39.2 Å². The zero-order chi connectivity index (χ0) is 20.4. The van der Waals surface area contributed by atoms with Gasteiger partial charge in [-0.1, -0.05) is 0 Å². The summed E-state index contributed by atoms with van der Waals surface area (Å²) in [5.74, 6) is -0.623. The number of halogens is 3. The fourth-order valence-corrected chi connectivity index (χ4v) is 2.92. The molecular weight excluding hydrogens is 369 g/mol. The van der Waals surface area contributed by atoms with Crippen LogP contribution in [0.1, 0.15) is 19.4 Å². The zero-order valence-corrected chi connectivity index (χ0v) is 14.7. The first kappa shape index (κ1) is 20.5. The second-order valence-corrected chi connectivity index (χ2v) is 6.19. The van der Waals surface area contributed by atoms with Crippen LogP contribution in [-0.2, 0) is 15.8 Å². The van der Waals surface area contributed by atoms with Crippen molar-refractivity contribution < 1.29 is 27.7 Å². The van der Waals surface area contributed by atoms with Gasteiger partial charge in [0.05, 0.1) is 10.5 Å². The topological polar surface area (TPSA) is 95.8 Å². The van der Waals surface area contributed by atoms with Crippen molar-refractivity contribution in [2.75, 3.05) is 31.1 Å². The Morgan fingerprint density at radius 2 is 1.81 bits per heavy atom. The molecule has 1 saturated heterocycles. The van der Waals surface area contributed by atoms with E-state index in [1.807, 2.05) is 0 Å². The number of carbonyl (C=O) groups is 2. The third-order valence-corrected chi connectivity index (χ3v) is 4.22. The largest absolute Gasteiger partial charge is 0.416 e. The van der Waals surface area contributed by atoms with Gasteiger partial charge in [0.25, 0.3) is 5.69 Å². The van der Waals surface area contributed by atoms with E-state index in [2.05, 4.69) is 5.32 Å². The second-order valence-electron chi connectivity index (χ2n) is 6.19. The molecule has 8 nitrogen and oxygen atoms in total. The van der Waals surface area contributed by atoms with Crippen LogP contribution < -0.4 is 10.2 Å². The molecule has 1 heterocycles. The van der Waals surface area contributed by atoms with Crippen LogP contribution in [0.25, 0.3) is 0 Å². The average molecular weight is 388 g/mol. The first-order valence-electron chi connectivity index (χ1n) is 8.17. The molecule has 0 aliphatic carbocycles. The maximum Gasteiger partial charge on any atom is 0.416 e. The Balaban J connectivity index is 2.13. The molecule has 11 heteroatoms. The van der Waals surface area contributed by atoms with Gasteiger partial charge in [0.15, 0.2) is 0 Å². The van der Waals surface area contributed by atoms with E-state index in [9.17, 15) is 32.9 Å². The van der Waals surface area contributed by atoms with Crippen molar-refractivity contribution in [3.63, 3.8) is 0 Å². The minimum atomic E-state index is -4.67. The van der Waals surface area contributed by atoms with Gasteiger partial charge in [-0.25, -0.2) is 0 Å². The fraction of sp³-hybridized carbons (Fsp3) is 0.500. The summed E-state index contributed by atoms with van der Waals surface area (Å²) in [5.41, 5.74) is -1.64. The summed E-state index contributed by atoms with van der Waals surface area (Å²) in [7, 11) is 0. The maximum absolute atomic E-state index is 12.8. The molecule has 1 N–H and O–H groups in total. The van der Waals surface area contributed by atoms with Crippen molar-refractivity contribution in [1.82, 2.24) is 10.2 Å². The molecule has 1 atom stereocenters. The molecule has 2 rings (SSSR count). The van der Waals surface area contributed by atoms with Crippen molar-refractivity contribution >= 4 is 23.2 Å². The summed E-state index contributed by atoms with van der Waals surface area (Å²) < 4.78 is 38.4. The van der Waals surface area contributed by atoms with Crippen LogP contribution in [0.2, 0.25) is 0 Å². The molecule has 0 spiro atoms. The molecule has 1 unspecified atom stereocenters. The van der Waals surface area contributed by atoms with E-state index >= 15 is 0 Å². The highest BCUT2D eigenvalue weighted by Crippen LogP contribution is 2.36. The standard InChI is InChI=1S/C16H19F3N4O4/c1-10(20-11(2)24)15(25)22-7-5-21(6-8-22)13-4-3-12(16(17,18)19)9-14(13)23(26)27/h3-4,9-10H,5-8H2,1-2H3,(H,20,24). The Morgan fingerprint density at radius 3 is 2.30 bits per heavy atom. The number of alkyl halides is 3. The summed E-state index contributed by atoms with van der Waals surface area (Å²) in [6, 6.07) is 1.71. The molecule has 0 aromatic heterocycles. The molecule has 0 saturated carbocycles. The zero-order valence-electron chi connectivity index (χ0n) is 14.7. The molecule has 0 bridgehead atoms. The van der Waals surface area contributed by atoms with E-state index in [0.717, 1.165) is 12.1 Å². The van der Waals surface area contributed by atoms with Crippen LogP contribution in [0.15, 0.2) is 18.2 Å². The van der Waals surface area contributed by atoms with Gasteiger partial charge >= 0.3 is 6.18 Å². The molecule has 1 aromatic carbocycles. The molecule has 1 aliphatic rings. The third-order valence-electron chi connectivity index (χ3n) is 4.22. The van der Waals surface area contributed by atoms with Gasteiger partial charge in [-0.2, -0.15) is 13.2 Å².